The van der Waals surface area contributed by atoms with Crippen molar-refractivity contribution >= 4 is 28.3 Å². The van der Waals surface area contributed by atoms with Crippen molar-refractivity contribution < 1.29 is 9.53 Å². The summed E-state index contributed by atoms with van der Waals surface area (Å²) in [7, 11) is 0. The summed E-state index contributed by atoms with van der Waals surface area (Å²) in [6.45, 7) is 6.19. The maximum atomic E-state index is 13.0. The number of fused-ring (bicyclic) bond motifs is 1. The highest BCUT2D eigenvalue weighted by Gasteiger charge is 2.28. The first-order valence-electron chi connectivity index (χ1n) is 14.3. The summed E-state index contributed by atoms with van der Waals surface area (Å²) in [6, 6.07) is 16.1. The van der Waals surface area contributed by atoms with Gasteiger partial charge in [0.2, 0.25) is 17.7 Å². The van der Waals surface area contributed by atoms with Gasteiger partial charge in [0, 0.05) is 47.4 Å². The average Bonchev–Trinajstić information content (AvgIpc) is 3.42. The Balaban J connectivity index is 1.29. The highest BCUT2D eigenvalue weighted by atomic mass is 16.5. The number of amides is 1. The van der Waals surface area contributed by atoms with Crippen LogP contribution in [0.3, 0.4) is 0 Å². The quantitative estimate of drug-likeness (QED) is 0.254. The molecule has 2 fully saturated rings. The van der Waals surface area contributed by atoms with Gasteiger partial charge in [-0.2, -0.15) is 0 Å². The Morgan fingerprint density at radius 1 is 1.00 bits per heavy atom. The van der Waals surface area contributed by atoms with E-state index in [-0.39, 0.29) is 11.8 Å². The van der Waals surface area contributed by atoms with E-state index in [2.05, 4.69) is 32.8 Å². The van der Waals surface area contributed by atoms with Crippen molar-refractivity contribution in [2.24, 2.45) is 11.8 Å². The lowest BCUT2D eigenvalue weighted by molar-refractivity contribution is -0.119. The first kappa shape index (κ1) is 26.2. The summed E-state index contributed by atoms with van der Waals surface area (Å²) in [5.74, 6) is 2.55. The van der Waals surface area contributed by atoms with Crippen LogP contribution in [0.2, 0.25) is 0 Å². The van der Waals surface area contributed by atoms with Crippen LogP contribution < -0.4 is 20.7 Å². The Hall–Kier alpha value is -4.04. The standard InChI is InChI=1S/C32H36N6O2/c1-20-10-12-22(18-20)30(39)37-27-9-3-7-25-24(27)13-11-21(2)29(25)40-31-26(8-5-16-34-31)28-14-17-35-32(38-28)36-23-6-4-15-33-19-23/h3,5,7-9,11,13-14,16-17,20,22-23,33H,4,6,10,12,15,18-19H2,1-2H3,(H,37,39)(H,35,36,38)/t20?,22?,23-/m0/s1. The van der Waals surface area contributed by atoms with Crippen LogP contribution in [0.5, 0.6) is 11.6 Å². The zero-order valence-corrected chi connectivity index (χ0v) is 23.1. The SMILES string of the molecule is Cc1ccc2c(NC(=O)C3CCC(C)C3)cccc2c1Oc1ncccc1-c1ccnc(N[C@H]2CCCNC2)n1. The normalized spacial score (nSPS) is 20.8. The molecule has 2 unspecified atom stereocenters. The number of hydrogen-bond donors (Lipinski definition) is 3. The van der Waals surface area contributed by atoms with E-state index in [9.17, 15) is 4.79 Å². The predicted octanol–water partition coefficient (Wildman–Crippen LogP) is 6.33. The third-order valence-corrected chi connectivity index (χ3v) is 8.06. The molecule has 1 amide bonds. The fourth-order valence-electron chi connectivity index (χ4n) is 5.86. The number of benzene rings is 2. The molecule has 1 saturated carbocycles. The molecule has 1 aliphatic heterocycles. The largest absolute Gasteiger partial charge is 0.437 e. The van der Waals surface area contributed by atoms with Crippen LogP contribution in [0, 0.1) is 18.8 Å². The molecule has 40 heavy (non-hydrogen) atoms. The van der Waals surface area contributed by atoms with Crippen molar-refractivity contribution in [3.05, 3.63) is 66.5 Å². The molecule has 0 spiro atoms. The molecule has 8 nitrogen and oxygen atoms in total. The molecule has 3 N–H and O–H groups in total. The van der Waals surface area contributed by atoms with Crippen molar-refractivity contribution in [2.75, 3.05) is 23.7 Å². The van der Waals surface area contributed by atoms with Crippen LogP contribution >= 0.6 is 0 Å². The number of carbonyl (C=O) groups is 1. The number of anilines is 2. The molecule has 3 heterocycles. The number of aromatic nitrogens is 3. The van der Waals surface area contributed by atoms with Gasteiger partial charge in [0.05, 0.1) is 11.3 Å². The van der Waals surface area contributed by atoms with Gasteiger partial charge in [-0.05, 0) is 81.3 Å². The van der Waals surface area contributed by atoms with E-state index in [1.165, 1.54) is 0 Å². The Bertz CT molecular complexity index is 1520. The maximum absolute atomic E-state index is 13.0. The Morgan fingerprint density at radius 2 is 1.93 bits per heavy atom. The number of piperidine rings is 1. The molecule has 0 radical (unpaired) electrons. The molecule has 4 aromatic rings. The first-order valence-corrected chi connectivity index (χ1v) is 14.3. The number of hydrogen-bond acceptors (Lipinski definition) is 7. The lowest BCUT2D eigenvalue weighted by atomic mass is 10.0. The number of rotatable bonds is 7. The molecule has 1 aliphatic carbocycles. The zero-order chi connectivity index (χ0) is 27.5. The van der Waals surface area contributed by atoms with Gasteiger partial charge in [0.25, 0.3) is 0 Å². The molecular formula is C32H36N6O2. The first-order chi connectivity index (χ1) is 19.5. The lowest BCUT2D eigenvalue weighted by Crippen LogP contribution is -2.38. The van der Waals surface area contributed by atoms with Gasteiger partial charge in [-0.15, -0.1) is 0 Å². The minimum Gasteiger partial charge on any atom is -0.437 e. The second-order valence-corrected chi connectivity index (χ2v) is 11.1. The summed E-state index contributed by atoms with van der Waals surface area (Å²) in [4.78, 5) is 26.9. The topological polar surface area (TPSA) is 101 Å². The number of nitrogens with one attached hydrogen (secondary N) is 3. The molecule has 0 bridgehead atoms. The van der Waals surface area contributed by atoms with E-state index in [4.69, 9.17) is 9.72 Å². The van der Waals surface area contributed by atoms with Crippen LogP contribution in [-0.4, -0.2) is 40.0 Å². The van der Waals surface area contributed by atoms with E-state index in [0.29, 0.717) is 29.5 Å². The van der Waals surface area contributed by atoms with Gasteiger partial charge in [0.1, 0.15) is 5.75 Å². The van der Waals surface area contributed by atoms with E-state index >= 15 is 0 Å². The molecule has 1 saturated heterocycles. The van der Waals surface area contributed by atoms with Crippen LogP contribution in [-0.2, 0) is 4.79 Å². The van der Waals surface area contributed by atoms with Gasteiger partial charge in [-0.3, -0.25) is 4.79 Å². The van der Waals surface area contributed by atoms with Crippen molar-refractivity contribution in [1.29, 1.82) is 0 Å². The van der Waals surface area contributed by atoms with Gasteiger partial charge < -0.3 is 20.7 Å². The lowest BCUT2D eigenvalue weighted by Gasteiger charge is -2.23. The smallest absolute Gasteiger partial charge is 0.228 e. The molecule has 2 aromatic heterocycles. The molecule has 6 rings (SSSR count). The van der Waals surface area contributed by atoms with Gasteiger partial charge in [-0.25, -0.2) is 15.0 Å². The summed E-state index contributed by atoms with van der Waals surface area (Å²) in [6.07, 6.45) is 8.72. The number of nitrogens with zero attached hydrogens (tertiary/aromatic N) is 3. The van der Waals surface area contributed by atoms with Gasteiger partial charge in [-0.1, -0.05) is 31.2 Å². The Labute approximate surface area is 235 Å². The average molecular weight is 537 g/mol. The Morgan fingerprint density at radius 3 is 2.75 bits per heavy atom. The second kappa shape index (κ2) is 11.6. The van der Waals surface area contributed by atoms with Crippen LogP contribution in [0.15, 0.2) is 60.9 Å². The van der Waals surface area contributed by atoms with Crippen molar-refractivity contribution in [3.8, 4) is 22.9 Å². The van der Waals surface area contributed by atoms with E-state index < -0.39 is 0 Å². The molecule has 206 valence electrons. The summed E-state index contributed by atoms with van der Waals surface area (Å²) >= 11 is 0. The fourth-order valence-corrected chi connectivity index (χ4v) is 5.86. The van der Waals surface area contributed by atoms with Crippen LogP contribution in [0.25, 0.3) is 22.0 Å². The van der Waals surface area contributed by atoms with Crippen molar-refractivity contribution in [1.82, 2.24) is 20.3 Å². The fraction of sp³-hybridized carbons (Fsp3) is 0.375. The maximum Gasteiger partial charge on any atom is 0.228 e. The van der Waals surface area contributed by atoms with Crippen molar-refractivity contribution in [2.45, 2.75) is 52.0 Å². The molecule has 8 heteroatoms. The number of carbonyl (C=O) groups excluding carboxylic acids is 1. The minimum atomic E-state index is 0.0733. The summed E-state index contributed by atoms with van der Waals surface area (Å²) < 4.78 is 6.56. The molecular weight excluding hydrogens is 500 g/mol. The number of ether oxygens (including phenoxy) is 1. The summed E-state index contributed by atoms with van der Waals surface area (Å²) in [5.41, 5.74) is 3.30. The van der Waals surface area contributed by atoms with Gasteiger partial charge in [0.15, 0.2) is 0 Å². The number of pyridine rings is 1. The third-order valence-electron chi connectivity index (χ3n) is 8.06. The van der Waals surface area contributed by atoms with E-state index in [1.54, 1.807) is 12.4 Å². The molecule has 2 aliphatic rings. The molecule has 2 aromatic carbocycles. The summed E-state index contributed by atoms with van der Waals surface area (Å²) in [5, 5.41) is 11.9. The minimum absolute atomic E-state index is 0.0733. The zero-order valence-electron chi connectivity index (χ0n) is 23.1. The second-order valence-electron chi connectivity index (χ2n) is 11.1. The van der Waals surface area contributed by atoms with Gasteiger partial charge >= 0.3 is 0 Å². The van der Waals surface area contributed by atoms with E-state index in [1.807, 2.05) is 55.5 Å². The number of aryl methyl sites for hydroxylation is 1. The van der Waals surface area contributed by atoms with Crippen LogP contribution in [0.4, 0.5) is 11.6 Å². The van der Waals surface area contributed by atoms with E-state index in [0.717, 1.165) is 78.5 Å². The highest BCUT2D eigenvalue weighted by molar-refractivity contribution is 6.05. The third kappa shape index (κ3) is 5.63. The van der Waals surface area contributed by atoms with Crippen LogP contribution in [0.1, 0.15) is 44.6 Å². The Kier molecular flexibility index (Phi) is 7.60. The molecule has 3 atom stereocenters. The highest BCUT2D eigenvalue weighted by Crippen LogP contribution is 2.39. The monoisotopic (exact) mass is 536 g/mol. The predicted molar refractivity (Wildman–Crippen MR) is 159 cm³/mol. The van der Waals surface area contributed by atoms with Crippen molar-refractivity contribution in [3.63, 3.8) is 0 Å².